The first-order chi connectivity index (χ1) is 9.74. The normalized spacial score (nSPS) is 11.1. The summed E-state index contributed by atoms with van der Waals surface area (Å²) in [5, 5.41) is 5.33. The summed E-state index contributed by atoms with van der Waals surface area (Å²) in [6, 6.07) is 18.3. The van der Waals surface area contributed by atoms with Crippen LogP contribution in [-0.2, 0) is 6.42 Å². The molecule has 0 amide bonds. The van der Waals surface area contributed by atoms with Crippen molar-refractivity contribution in [3.05, 3.63) is 66.2 Å². The first kappa shape index (κ1) is 13.1. The van der Waals surface area contributed by atoms with Crippen molar-refractivity contribution in [3.63, 3.8) is 0 Å². The van der Waals surface area contributed by atoms with Gasteiger partial charge in [0.25, 0.3) is 0 Å². The van der Waals surface area contributed by atoms with E-state index in [2.05, 4.69) is 72.3 Å². The molecule has 0 atom stereocenters. The molecule has 0 N–H and O–H groups in total. The molecule has 0 spiro atoms. The maximum atomic E-state index is 4.19. The molecule has 0 saturated heterocycles. The second kappa shape index (κ2) is 5.26. The fourth-order valence-corrected chi connectivity index (χ4v) is 3.32. The van der Waals surface area contributed by atoms with Crippen LogP contribution in [0.15, 0.2) is 55.1 Å². The van der Waals surface area contributed by atoms with Crippen molar-refractivity contribution < 1.29 is 0 Å². The summed E-state index contributed by atoms with van der Waals surface area (Å²) < 4.78 is 0. The van der Waals surface area contributed by atoms with E-state index in [0.717, 1.165) is 18.0 Å². The minimum Gasteiger partial charge on any atom is -0.0955 e. The lowest BCUT2D eigenvalue weighted by molar-refractivity contribution is 1.17. The summed E-state index contributed by atoms with van der Waals surface area (Å²) >= 11 is 0. The van der Waals surface area contributed by atoms with Crippen LogP contribution in [-0.4, -0.2) is 10.2 Å². The molecule has 97 valence electrons. The quantitative estimate of drug-likeness (QED) is 0.457. The van der Waals surface area contributed by atoms with E-state index in [0.29, 0.717) is 0 Å². The van der Waals surface area contributed by atoms with Gasteiger partial charge >= 0.3 is 0 Å². The zero-order valence-corrected chi connectivity index (χ0v) is 12.7. The number of hydrogen-bond acceptors (Lipinski definition) is 0. The van der Waals surface area contributed by atoms with Crippen LogP contribution in [0.2, 0.25) is 6.04 Å². The van der Waals surface area contributed by atoms with Gasteiger partial charge in [0.05, 0.1) is 0 Å². The van der Waals surface area contributed by atoms with Crippen LogP contribution in [0.4, 0.5) is 0 Å². The summed E-state index contributed by atoms with van der Waals surface area (Å²) in [6.07, 6.45) is 1.04. The Labute approximate surface area is 123 Å². The van der Waals surface area contributed by atoms with Gasteiger partial charge in [-0.3, -0.25) is 0 Å². The zero-order chi connectivity index (χ0) is 14.1. The van der Waals surface area contributed by atoms with Crippen molar-refractivity contribution in [2.24, 2.45) is 0 Å². The van der Waals surface area contributed by atoms with E-state index in [1.54, 1.807) is 0 Å². The Balaban J connectivity index is 2.58. The van der Waals surface area contributed by atoms with E-state index in [4.69, 9.17) is 0 Å². The molecule has 0 heterocycles. The molecular formula is C19H17Si. The molecule has 0 aromatic heterocycles. The molecule has 0 aliphatic heterocycles. The van der Waals surface area contributed by atoms with Gasteiger partial charge in [-0.15, -0.1) is 0 Å². The number of hydrogen-bond donors (Lipinski definition) is 0. The van der Waals surface area contributed by atoms with Gasteiger partial charge in [-0.2, -0.15) is 0 Å². The molecule has 0 aliphatic rings. The summed E-state index contributed by atoms with van der Waals surface area (Å²) in [7, 11) is 3.64. The van der Waals surface area contributed by atoms with Gasteiger partial charge in [0.1, 0.15) is 0 Å². The monoisotopic (exact) mass is 273 g/mol. The van der Waals surface area contributed by atoms with Crippen LogP contribution in [0.5, 0.6) is 0 Å². The molecule has 0 saturated carbocycles. The van der Waals surface area contributed by atoms with Crippen LogP contribution in [0, 0.1) is 0 Å². The largest absolute Gasteiger partial charge is 0.0955 e. The van der Waals surface area contributed by atoms with E-state index < -0.39 is 0 Å². The van der Waals surface area contributed by atoms with E-state index in [1.807, 2.05) is 0 Å². The number of benzene rings is 3. The molecular weight excluding hydrogens is 256 g/mol. The van der Waals surface area contributed by atoms with E-state index in [1.165, 1.54) is 32.7 Å². The van der Waals surface area contributed by atoms with Crippen molar-refractivity contribution in [2.75, 3.05) is 0 Å². The number of rotatable bonds is 3. The van der Waals surface area contributed by atoms with E-state index >= 15 is 0 Å². The molecule has 3 radical (unpaired) electrons. The molecule has 0 nitrogen and oxygen atoms in total. The molecule has 0 fully saturated rings. The number of aryl methyl sites for hydroxylation is 1. The highest BCUT2D eigenvalue weighted by atomic mass is 28.1. The van der Waals surface area contributed by atoms with Crippen molar-refractivity contribution >= 4 is 37.4 Å². The van der Waals surface area contributed by atoms with Crippen LogP contribution in [0.1, 0.15) is 18.1 Å². The van der Waals surface area contributed by atoms with Gasteiger partial charge in [-0.05, 0) is 51.6 Å². The van der Waals surface area contributed by atoms with Crippen LogP contribution >= 0.6 is 0 Å². The molecule has 3 aromatic carbocycles. The van der Waals surface area contributed by atoms with Gasteiger partial charge in [0, 0.05) is 10.2 Å². The van der Waals surface area contributed by atoms with Crippen molar-refractivity contribution in [2.45, 2.75) is 19.4 Å². The molecule has 0 aliphatic carbocycles. The van der Waals surface area contributed by atoms with Gasteiger partial charge in [-0.25, -0.2) is 0 Å². The lowest BCUT2D eigenvalue weighted by atomic mass is 9.88. The standard InChI is InChI=1S/C19H17Si/c1-13(2)19-17-9-5-3-7-14(17)16(11-12-20)15-8-4-6-10-18(15)19/h3-10H,1,11-12H2,2H3. The average Bonchev–Trinajstić information content (AvgIpc) is 2.47. The van der Waals surface area contributed by atoms with Gasteiger partial charge in [0.2, 0.25) is 0 Å². The fourth-order valence-electron chi connectivity index (χ4n) is 3.07. The smallest absolute Gasteiger partial charge is 0.0225 e. The third-order valence-electron chi connectivity index (χ3n) is 3.84. The summed E-state index contributed by atoms with van der Waals surface area (Å²) in [5.41, 5.74) is 3.84. The lowest BCUT2D eigenvalue weighted by Gasteiger charge is -2.16. The minimum absolute atomic E-state index is 0.973. The average molecular weight is 273 g/mol. The Kier molecular flexibility index (Phi) is 3.45. The second-order valence-corrected chi connectivity index (χ2v) is 5.73. The summed E-state index contributed by atoms with van der Waals surface area (Å²) in [5.74, 6) is 0. The first-order valence-corrected chi connectivity index (χ1v) is 7.67. The maximum absolute atomic E-state index is 4.19. The molecule has 0 bridgehead atoms. The molecule has 0 unspecified atom stereocenters. The van der Waals surface area contributed by atoms with Crippen molar-refractivity contribution in [1.82, 2.24) is 0 Å². The minimum atomic E-state index is 0.973. The number of fused-ring (bicyclic) bond motifs is 2. The first-order valence-electron chi connectivity index (χ1n) is 6.97. The SMILES string of the molecule is C=C(C)c1c2ccccc2c(CC[Si])c2ccccc12. The topological polar surface area (TPSA) is 0 Å². The Hall–Kier alpha value is -1.86. The highest BCUT2D eigenvalue weighted by Gasteiger charge is 2.12. The lowest BCUT2D eigenvalue weighted by Crippen LogP contribution is -1.94. The summed E-state index contributed by atoms with van der Waals surface area (Å²) in [6.45, 7) is 6.29. The highest BCUT2D eigenvalue weighted by Crippen LogP contribution is 2.36. The predicted octanol–water partition coefficient (Wildman–Crippen LogP) is 5.16. The van der Waals surface area contributed by atoms with E-state index in [-0.39, 0.29) is 0 Å². The molecule has 3 rings (SSSR count). The Morgan fingerprint density at radius 3 is 1.75 bits per heavy atom. The third-order valence-corrected chi connectivity index (χ3v) is 4.09. The molecule has 3 aromatic rings. The predicted molar refractivity (Wildman–Crippen MR) is 90.4 cm³/mol. The fraction of sp³-hybridized carbons (Fsp3) is 0.158. The van der Waals surface area contributed by atoms with Gasteiger partial charge in [0.15, 0.2) is 0 Å². The second-order valence-electron chi connectivity index (χ2n) is 5.23. The van der Waals surface area contributed by atoms with Crippen molar-refractivity contribution in [1.29, 1.82) is 0 Å². The molecule has 1 heteroatoms. The maximum Gasteiger partial charge on any atom is 0.0225 e. The summed E-state index contributed by atoms with van der Waals surface area (Å²) in [4.78, 5) is 0. The van der Waals surface area contributed by atoms with Crippen LogP contribution in [0.25, 0.3) is 27.1 Å². The molecule has 20 heavy (non-hydrogen) atoms. The third kappa shape index (κ3) is 1.99. The number of allylic oxidation sites excluding steroid dienone is 1. The van der Waals surface area contributed by atoms with Crippen LogP contribution < -0.4 is 0 Å². The van der Waals surface area contributed by atoms with E-state index in [9.17, 15) is 0 Å². The van der Waals surface area contributed by atoms with Crippen molar-refractivity contribution in [3.8, 4) is 0 Å². The van der Waals surface area contributed by atoms with Crippen LogP contribution in [0.3, 0.4) is 0 Å². The van der Waals surface area contributed by atoms with Gasteiger partial charge in [-0.1, -0.05) is 61.2 Å². The Morgan fingerprint density at radius 1 is 0.900 bits per heavy atom. The Bertz CT molecular complexity index is 742. The Morgan fingerprint density at radius 2 is 1.35 bits per heavy atom. The zero-order valence-electron chi connectivity index (χ0n) is 11.7. The highest BCUT2D eigenvalue weighted by molar-refractivity contribution is 6.12. The van der Waals surface area contributed by atoms with Gasteiger partial charge < -0.3 is 0 Å².